The van der Waals surface area contributed by atoms with Gasteiger partial charge in [0.25, 0.3) is 0 Å². The van der Waals surface area contributed by atoms with Gasteiger partial charge in [-0.05, 0) is 19.3 Å². The van der Waals surface area contributed by atoms with Crippen LogP contribution in [-0.4, -0.2) is 18.2 Å². The maximum Gasteiger partial charge on any atom is 0.317 e. The lowest BCUT2D eigenvalue weighted by Crippen LogP contribution is -1.96. The highest BCUT2D eigenvalue weighted by molar-refractivity contribution is 9.06. The van der Waals surface area contributed by atoms with Crippen LogP contribution in [0.4, 0.5) is 0 Å². The standard InChI is InChI=1S/C18H33BrO3/c1-2-3-4-5-7-10-13-16-17(21-16)14-11-8-6-9-12-15-18(20)22-19/h16-17H,2-15H2,1H3. The zero-order valence-electron chi connectivity index (χ0n) is 14.2. The lowest BCUT2D eigenvalue weighted by molar-refractivity contribution is -0.132. The normalized spacial score (nSPS) is 20.1. The predicted molar refractivity (Wildman–Crippen MR) is 94.0 cm³/mol. The lowest BCUT2D eigenvalue weighted by atomic mass is 10.0. The molecule has 0 radical (unpaired) electrons. The molecule has 0 aromatic heterocycles. The fraction of sp³-hybridized carbons (Fsp3) is 0.944. The van der Waals surface area contributed by atoms with Crippen LogP contribution in [0.25, 0.3) is 0 Å². The van der Waals surface area contributed by atoms with E-state index in [0.717, 1.165) is 12.8 Å². The molecule has 0 aromatic carbocycles. The van der Waals surface area contributed by atoms with E-state index >= 15 is 0 Å². The number of hydrogen-bond acceptors (Lipinski definition) is 3. The van der Waals surface area contributed by atoms with Gasteiger partial charge in [0.15, 0.2) is 16.3 Å². The molecule has 22 heavy (non-hydrogen) atoms. The van der Waals surface area contributed by atoms with Gasteiger partial charge in [-0.15, -0.1) is 0 Å². The number of carbonyl (C=O) groups excluding carboxylic acids is 1. The molecule has 0 aromatic rings. The van der Waals surface area contributed by atoms with E-state index in [4.69, 9.17) is 4.74 Å². The van der Waals surface area contributed by atoms with Crippen molar-refractivity contribution in [1.82, 2.24) is 0 Å². The molecule has 1 heterocycles. The van der Waals surface area contributed by atoms with E-state index in [0.29, 0.717) is 18.6 Å². The Balaban J connectivity index is 1.77. The van der Waals surface area contributed by atoms with Crippen LogP contribution in [0.3, 0.4) is 0 Å². The molecule has 0 bridgehead atoms. The molecule has 3 nitrogen and oxygen atoms in total. The highest BCUT2D eigenvalue weighted by Crippen LogP contribution is 2.31. The molecular weight excluding hydrogens is 344 g/mol. The number of rotatable bonds is 15. The van der Waals surface area contributed by atoms with Crippen LogP contribution < -0.4 is 0 Å². The first-order chi connectivity index (χ1) is 10.8. The highest BCUT2D eigenvalue weighted by Gasteiger charge is 2.36. The second-order valence-corrected chi connectivity index (χ2v) is 6.85. The topological polar surface area (TPSA) is 38.8 Å². The van der Waals surface area contributed by atoms with Crippen LogP contribution >= 0.6 is 16.3 Å². The van der Waals surface area contributed by atoms with Crippen molar-refractivity contribution in [2.45, 2.75) is 109 Å². The minimum absolute atomic E-state index is 0.163. The van der Waals surface area contributed by atoms with Gasteiger partial charge in [-0.1, -0.05) is 71.1 Å². The Hall–Kier alpha value is -0.0900. The molecule has 0 spiro atoms. The van der Waals surface area contributed by atoms with E-state index in [9.17, 15) is 4.79 Å². The Morgan fingerprint density at radius 1 is 0.864 bits per heavy atom. The van der Waals surface area contributed by atoms with Crippen molar-refractivity contribution in [2.75, 3.05) is 0 Å². The maximum atomic E-state index is 10.9. The zero-order valence-corrected chi connectivity index (χ0v) is 15.7. The summed E-state index contributed by atoms with van der Waals surface area (Å²) in [5, 5.41) is 0. The van der Waals surface area contributed by atoms with Crippen molar-refractivity contribution in [1.29, 1.82) is 0 Å². The summed E-state index contributed by atoms with van der Waals surface area (Å²) in [6, 6.07) is 0. The number of carbonyl (C=O) groups is 1. The van der Waals surface area contributed by atoms with Gasteiger partial charge in [-0.25, -0.2) is 0 Å². The largest absolute Gasteiger partial charge is 0.384 e. The van der Waals surface area contributed by atoms with Gasteiger partial charge in [-0.2, -0.15) is 0 Å². The lowest BCUT2D eigenvalue weighted by Gasteiger charge is -2.00. The molecule has 0 amide bonds. The molecule has 1 fully saturated rings. The monoisotopic (exact) mass is 376 g/mol. The zero-order chi connectivity index (χ0) is 16.0. The Kier molecular flexibility index (Phi) is 12.1. The minimum Gasteiger partial charge on any atom is -0.384 e. The summed E-state index contributed by atoms with van der Waals surface area (Å²) in [6.07, 6.45) is 18.2. The summed E-state index contributed by atoms with van der Waals surface area (Å²) >= 11 is 2.71. The maximum absolute atomic E-state index is 10.9. The smallest absolute Gasteiger partial charge is 0.317 e. The molecule has 2 unspecified atom stereocenters. The van der Waals surface area contributed by atoms with Gasteiger partial charge in [0.2, 0.25) is 0 Å². The molecule has 4 heteroatoms. The van der Waals surface area contributed by atoms with E-state index in [1.54, 1.807) is 0 Å². The second kappa shape index (κ2) is 13.4. The number of unbranched alkanes of at least 4 members (excludes halogenated alkanes) is 9. The van der Waals surface area contributed by atoms with E-state index < -0.39 is 0 Å². The number of epoxide rings is 1. The van der Waals surface area contributed by atoms with Crippen molar-refractivity contribution >= 4 is 22.2 Å². The Morgan fingerprint density at radius 2 is 1.36 bits per heavy atom. The van der Waals surface area contributed by atoms with Gasteiger partial charge in [0.05, 0.1) is 12.2 Å². The van der Waals surface area contributed by atoms with Gasteiger partial charge < -0.3 is 8.57 Å². The van der Waals surface area contributed by atoms with Crippen molar-refractivity contribution in [3.05, 3.63) is 0 Å². The number of halogens is 1. The van der Waals surface area contributed by atoms with Crippen LogP contribution in [-0.2, 0) is 13.4 Å². The average Bonchev–Trinajstić information content (AvgIpc) is 3.28. The quantitative estimate of drug-likeness (QED) is 0.256. The SMILES string of the molecule is CCCCCCCCC1OC1CCCCCCCC(=O)OBr. The Labute approximate surface area is 145 Å². The average molecular weight is 377 g/mol. The summed E-state index contributed by atoms with van der Waals surface area (Å²) < 4.78 is 10.2. The fourth-order valence-corrected chi connectivity index (χ4v) is 3.16. The van der Waals surface area contributed by atoms with Crippen LogP contribution in [0.1, 0.15) is 96.8 Å². The molecule has 130 valence electrons. The molecule has 1 aliphatic rings. The van der Waals surface area contributed by atoms with Gasteiger partial charge in [-0.3, -0.25) is 4.79 Å². The third kappa shape index (κ3) is 10.6. The highest BCUT2D eigenvalue weighted by atomic mass is 79.9. The molecule has 0 saturated carbocycles. The minimum atomic E-state index is -0.163. The van der Waals surface area contributed by atoms with Crippen LogP contribution in [0.2, 0.25) is 0 Å². The third-order valence-corrected chi connectivity index (χ3v) is 4.85. The molecule has 0 N–H and O–H groups in total. The van der Waals surface area contributed by atoms with E-state index in [1.165, 1.54) is 70.6 Å². The van der Waals surface area contributed by atoms with Crippen LogP contribution in [0, 0.1) is 0 Å². The molecule has 1 rings (SSSR count). The number of hydrogen-bond donors (Lipinski definition) is 0. The molecular formula is C18H33BrO3. The van der Waals surface area contributed by atoms with Crippen molar-refractivity contribution in [2.24, 2.45) is 0 Å². The van der Waals surface area contributed by atoms with E-state index in [1.807, 2.05) is 0 Å². The molecule has 1 aliphatic heterocycles. The third-order valence-electron chi connectivity index (χ3n) is 4.49. The summed E-state index contributed by atoms with van der Waals surface area (Å²) in [4.78, 5) is 10.9. The van der Waals surface area contributed by atoms with Gasteiger partial charge in [0, 0.05) is 6.42 Å². The summed E-state index contributed by atoms with van der Waals surface area (Å²) in [7, 11) is 0. The summed E-state index contributed by atoms with van der Waals surface area (Å²) in [5.74, 6) is -0.163. The van der Waals surface area contributed by atoms with Crippen LogP contribution in [0.15, 0.2) is 0 Å². The van der Waals surface area contributed by atoms with Gasteiger partial charge >= 0.3 is 5.97 Å². The summed E-state index contributed by atoms with van der Waals surface area (Å²) in [6.45, 7) is 2.26. The first-order valence-electron chi connectivity index (χ1n) is 9.24. The molecule has 2 atom stereocenters. The van der Waals surface area contributed by atoms with Crippen molar-refractivity contribution in [3.8, 4) is 0 Å². The van der Waals surface area contributed by atoms with E-state index in [-0.39, 0.29) is 5.97 Å². The van der Waals surface area contributed by atoms with Gasteiger partial charge in [0.1, 0.15) is 0 Å². The van der Waals surface area contributed by atoms with Crippen LogP contribution in [0.5, 0.6) is 0 Å². The van der Waals surface area contributed by atoms with E-state index in [2.05, 4.69) is 27.0 Å². The first kappa shape index (κ1) is 20.0. The second-order valence-electron chi connectivity index (χ2n) is 6.53. The molecule has 0 aliphatic carbocycles. The van der Waals surface area contributed by atoms with Crippen molar-refractivity contribution < 1.29 is 13.4 Å². The first-order valence-corrected chi connectivity index (χ1v) is 9.89. The number of ether oxygens (including phenoxy) is 1. The Morgan fingerprint density at radius 3 is 1.91 bits per heavy atom. The Bertz CT molecular complexity index is 284. The van der Waals surface area contributed by atoms with Crippen molar-refractivity contribution in [3.63, 3.8) is 0 Å². The fourth-order valence-electron chi connectivity index (χ4n) is 3.00. The summed E-state index contributed by atoms with van der Waals surface area (Å²) in [5.41, 5.74) is 0. The predicted octanol–water partition coefficient (Wildman–Crippen LogP) is 6.09. The molecule has 1 saturated heterocycles.